The number of carbonyl (C=O) groups excluding carboxylic acids is 1. The number of allylic oxidation sites excluding steroid dienone is 1. The summed E-state index contributed by atoms with van der Waals surface area (Å²) in [6.45, 7) is 16.2. The molecule has 0 spiro atoms. The van der Waals surface area contributed by atoms with Crippen molar-refractivity contribution in [3.8, 4) is 0 Å². The second-order valence-electron chi connectivity index (χ2n) is 5.07. The number of carbonyl (C=O) groups is 2. The monoisotopic (exact) mass is 367 g/mol. The molecule has 0 aliphatic carbocycles. The van der Waals surface area contributed by atoms with Gasteiger partial charge in [-0.1, -0.05) is 71.5 Å². The smallest absolute Gasteiger partial charge is 0.290 e. The molecule has 152 valence electrons. The Kier molecular flexibility index (Phi) is 28.2. The fraction of sp³-hybridized carbons (Fsp3) is 0.545. The van der Waals surface area contributed by atoms with E-state index in [0.717, 1.165) is 18.5 Å². The summed E-state index contributed by atoms with van der Waals surface area (Å²) in [5, 5.41) is 10.3. The third-order valence-corrected chi connectivity index (χ3v) is 3.10. The molecule has 1 saturated heterocycles. The molecular formula is C22H41NO3. The van der Waals surface area contributed by atoms with Gasteiger partial charge in [0.2, 0.25) is 0 Å². The van der Waals surface area contributed by atoms with Crippen LogP contribution in [0.4, 0.5) is 0 Å². The zero-order valence-electron chi connectivity index (χ0n) is 16.8. The molecule has 0 aromatic heterocycles. The van der Waals surface area contributed by atoms with Gasteiger partial charge in [0, 0.05) is 17.5 Å². The van der Waals surface area contributed by atoms with Crippen molar-refractivity contribution in [2.24, 2.45) is 0 Å². The number of rotatable bonds is 3. The van der Waals surface area contributed by atoms with Gasteiger partial charge < -0.3 is 10.4 Å². The van der Waals surface area contributed by atoms with Crippen molar-refractivity contribution in [1.82, 2.24) is 5.32 Å². The summed E-state index contributed by atoms with van der Waals surface area (Å²) in [4.78, 5) is 20.3. The molecule has 0 saturated carbocycles. The van der Waals surface area contributed by atoms with Crippen LogP contribution < -0.4 is 5.32 Å². The Hall–Kier alpha value is -1.94. The fourth-order valence-electron chi connectivity index (χ4n) is 2.19. The summed E-state index contributed by atoms with van der Waals surface area (Å²) in [6, 6.07) is 9.54. The molecule has 1 fully saturated rings. The Bertz CT molecular complexity index is 418. The summed E-state index contributed by atoms with van der Waals surface area (Å²) in [5.74, 6) is 0.243. The van der Waals surface area contributed by atoms with E-state index in [9.17, 15) is 4.79 Å². The van der Waals surface area contributed by atoms with E-state index in [-0.39, 0.29) is 25.2 Å². The maximum Gasteiger partial charge on any atom is 0.290 e. The second kappa shape index (κ2) is 23.1. The van der Waals surface area contributed by atoms with Gasteiger partial charge in [-0.15, -0.1) is 6.58 Å². The van der Waals surface area contributed by atoms with Crippen molar-refractivity contribution in [2.75, 3.05) is 6.54 Å². The minimum atomic E-state index is -0.250. The largest absolute Gasteiger partial charge is 0.483 e. The maximum atomic E-state index is 12.0. The molecule has 0 amide bonds. The Morgan fingerprint density at radius 2 is 1.65 bits per heavy atom. The maximum absolute atomic E-state index is 12.0. The quantitative estimate of drug-likeness (QED) is 0.391. The van der Waals surface area contributed by atoms with Crippen LogP contribution in [-0.4, -0.2) is 29.4 Å². The van der Waals surface area contributed by atoms with Gasteiger partial charge in [-0.05, 0) is 33.2 Å². The lowest BCUT2D eigenvalue weighted by molar-refractivity contribution is -0.122. The highest BCUT2D eigenvalue weighted by atomic mass is 16.3. The Morgan fingerprint density at radius 1 is 1.23 bits per heavy atom. The van der Waals surface area contributed by atoms with E-state index >= 15 is 0 Å². The molecule has 1 unspecified atom stereocenters. The number of nitrogens with one attached hydrogen (secondary N) is 1. The van der Waals surface area contributed by atoms with Crippen LogP contribution in [0.5, 0.6) is 0 Å². The summed E-state index contributed by atoms with van der Waals surface area (Å²) < 4.78 is 0. The minimum absolute atomic E-state index is 0. The third-order valence-electron chi connectivity index (χ3n) is 3.10. The van der Waals surface area contributed by atoms with Crippen LogP contribution in [0.1, 0.15) is 78.6 Å². The molecule has 1 heterocycles. The summed E-state index contributed by atoms with van der Waals surface area (Å²) >= 11 is 0. The van der Waals surface area contributed by atoms with Crippen LogP contribution in [-0.2, 0) is 4.79 Å². The van der Waals surface area contributed by atoms with Crippen LogP contribution in [0.3, 0.4) is 0 Å². The van der Waals surface area contributed by atoms with Gasteiger partial charge in [0.25, 0.3) is 6.47 Å². The lowest BCUT2D eigenvalue weighted by Gasteiger charge is -2.23. The number of carboxylic acid groups (broad SMARTS) is 1. The lowest BCUT2D eigenvalue weighted by atomic mass is 9.91. The predicted molar refractivity (Wildman–Crippen MR) is 115 cm³/mol. The van der Waals surface area contributed by atoms with Gasteiger partial charge in [-0.2, -0.15) is 0 Å². The van der Waals surface area contributed by atoms with Crippen molar-refractivity contribution in [3.63, 3.8) is 0 Å². The van der Waals surface area contributed by atoms with E-state index in [0.29, 0.717) is 6.42 Å². The van der Waals surface area contributed by atoms with E-state index < -0.39 is 0 Å². The molecule has 1 atom stereocenters. The van der Waals surface area contributed by atoms with Crippen molar-refractivity contribution >= 4 is 12.3 Å². The van der Waals surface area contributed by atoms with E-state index in [1.807, 2.05) is 65.0 Å². The SMILES string of the molecule is C.C=CC.CC.CC.CC1(CC(=O)c2ccccc2)CCCN1.O=CO. The van der Waals surface area contributed by atoms with Crippen molar-refractivity contribution in [3.05, 3.63) is 48.6 Å². The summed E-state index contributed by atoms with van der Waals surface area (Å²) in [6.07, 6.45) is 4.64. The first kappa shape index (κ1) is 31.8. The van der Waals surface area contributed by atoms with Crippen LogP contribution in [0, 0.1) is 0 Å². The van der Waals surface area contributed by atoms with Gasteiger partial charge >= 0.3 is 0 Å². The Morgan fingerprint density at radius 3 is 2.00 bits per heavy atom. The van der Waals surface area contributed by atoms with Crippen molar-refractivity contribution in [1.29, 1.82) is 0 Å². The van der Waals surface area contributed by atoms with Crippen LogP contribution in [0.25, 0.3) is 0 Å². The molecular weight excluding hydrogens is 326 g/mol. The number of hydrogen-bond donors (Lipinski definition) is 2. The Balaban J connectivity index is -0.000000188. The highest BCUT2D eigenvalue weighted by Crippen LogP contribution is 2.24. The van der Waals surface area contributed by atoms with Gasteiger partial charge in [0.1, 0.15) is 0 Å². The number of ketones is 1. The minimum Gasteiger partial charge on any atom is -0.483 e. The highest BCUT2D eigenvalue weighted by Gasteiger charge is 2.30. The number of benzene rings is 1. The van der Waals surface area contributed by atoms with Gasteiger partial charge in [-0.25, -0.2) is 0 Å². The van der Waals surface area contributed by atoms with E-state index in [4.69, 9.17) is 9.90 Å². The van der Waals surface area contributed by atoms with Gasteiger partial charge in [0.05, 0.1) is 0 Å². The first-order chi connectivity index (χ1) is 12.0. The van der Waals surface area contributed by atoms with Crippen LogP contribution >= 0.6 is 0 Å². The van der Waals surface area contributed by atoms with Crippen molar-refractivity contribution < 1.29 is 14.7 Å². The molecule has 0 radical (unpaired) electrons. The number of Topliss-reactive ketones (excluding diaryl/α,β-unsaturated/α-hetero) is 1. The normalized spacial score (nSPS) is 16.1. The average Bonchev–Trinajstić information content (AvgIpc) is 3.07. The number of hydrogen-bond acceptors (Lipinski definition) is 3. The molecule has 1 aliphatic heterocycles. The van der Waals surface area contributed by atoms with Crippen LogP contribution in [0.15, 0.2) is 43.0 Å². The highest BCUT2D eigenvalue weighted by molar-refractivity contribution is 5.96. The van der Waals surface area contributed by atoms with E-state index in [1.54, 1.807) is 6.08 Å². The van der Waals surface area contributed by atoms with Crippen molar-refractivity contribution in [2.45, 2.75) is 73.8 Å². The molecule has 2 rings (SSSR count). The molecule has 26 heavy (non-hydrogen) atoms. The summed E-state index contributed by atoms with van der Waals surface area (Å²) in [5.41, 5.74) is 0.847. The zero-order chi connectivity index (χ0) is 20.1. The van der Waals surface area contributed by atoms with E-state index in [1.165, 1.54) is 6.42 Å². The molecule has 4 heteroatoms. The zero-order valence-corrected chi connectivity index (χ0v) is 16.8. The fourth-order valence-corrected chi connectivity index (χ4v) is 2.19. The third kappa shape index (κ3) is 16.9. The topological polar surface area (TPSA) is 66.4 Å². The molecule has 0 bridgehead atoms. The molecule has 1 aromatic carbocycles. The predicted octanol–water partition coefficient (Wildman–Crippen LogP) is 5.98. The molecule has 1 aromatic rings. The first-order valence-electron chi connectivity index (χ1n) is 9.01. The summed E-state index contributed by atoms with van der Waals surface area (Å²) in [7, 11) is 0. The van der Waals surface area contributed by atoms with E-state index in [2.05, 4.69) is 18.8 Å². The second-order valence-corrected chi connectivity index (χ2v) is 5.07. The van der Waals surface area contributed by atoms with Gasteiger partial charge in [-0.3, -0.25) is 9.59 Å². The standard InChI is InChI=1S/C13H17NO.C3H6.2C2H6.CH2O2.CH4/c1-13(8-5-9-14-13)10-12(15)11-6-3-2-4-7-11;1-3-2;2*1-2;2-1-3;/h2-4,6-7,14H,5,8-10H2,1H3;3H,1H2,2H3;2*1-2H3;1H,(H,2,3);1H4. The first-order valence-corrected chi connectivity index (χ1v) is 9.01. The lowest BCUT2D eigenvalue weighted by Crippen LogP contribution is -2.38. The Labute approximate surface area is 161 Å². The molecule has 2 N–H and O–H groups in total. The van der Waals surface area contributed by atoms with Crippen LogP contribution in [0.2, 0.25) is 0 Å². The van der Waals surface area contributed by atoms with Gasteiger partial charge in [0.15, 0.2) is 5.78 Å². The average molecular weight is 368 g/mol. The molecule has 1 aliphatic rings. The molecule has 4 nitrogen and oxygen atoms in total.